The van der Waals surface area contributed by atoms with Crippen LogP contribution in [0.2, 0.25) is 0 Å². The first kappa shape index (κ1) is 13.1. The summed E-state index contributed by atoms with van der Waals surface area (Å²) in [6.45, 7) is 9.56. The standard InChI is InChI=1S/C14H22FN3/c1-11(2)10-17-3-5-18(6-4-17)14-8-12(15)7-13(16)9-14/h7-9,11H,3-6,10,16H2,1-2H3. The van der Waals surface area contributed by atoms with Crippen LogP contribution in [0.3, 0.4) is 0 Å². The second kappa shape index (κ2) is 5.57. The van der Waals surface area contributed by atoms with E-state index in [1.807, 2.05) is 6.07 Å². The zero-order valence-electron chi connectivity index (χ0n) is 11.2. The van der Waals surface area contributed by atoms with Gasteiger partial charge in [-0.3, -0.25) is 4.90 Å². The summed E-state index contributed by atoms with van der Waals surface area (Å²) in [5.41, 5.74) is 7.08. The van der Waals surface area contributed by atoms with E-state index in [0.29, 0.717) is 11.6 Å². The van der Waals surface area contributed by atoms with Crippen molar-refractivity contribution in [3.05, 3.63) is 24.0 Å². The van der Waals surface area contributed by atoms with Crippen LogP contribution in [0.1, 0.15) is 13.8 Å². The lowest BCUT2D eigenvalue weighted by Gasteiger charge is -2.36. The first-order valence-corrected chi connectivity index (χ1v) is 6.58. The van der Waals surface area contributed by atoms with Gasteiger partial charge >= 0.3 is 0 Å². The first-order chi connectivity index (χ1) is 8.54. The molecule has 2 N–H and O–H groups in total. The number of nitrogens with two attached hydrogens (primary N) is 1. The number of benzene rings is 1. The number of halogens is 1. The molecular formula is C14H22FN3. The second-order valence-corrected chi connectivity index (χ2v) is 5.42. The quantitative estimate of drug-likeness (QED) is 0.836. The van der Waals surface area contributed by atoms with Gasteiger partial charge in [0.15, 0.2) is 0 Å². The van der Waals surface area contributed by atoms with Crippen molar-refractivity contribution in [3.63, 3.8) is 0 Å². The second-order valence-electron chi connectivity index (χ2n) is 5.42. The molecule has 0 atom stereocenters. The van der Waals surface area contributed by atoms with Crippen LogP contribution in [0.4, 0.5) is 15.8 Å². The third-order valence-corrected chi connectivity index (χ3v) is 3.27. The van der Waals surface area contributed by atoms with E-state index in [0.717, 1.165) is 38.4 Å². The van der Waals surface area contributed by atoms with Crippen molar-refractivity contribution in [2.24, 2.45) is 5.92 Å². The zero-order chi connectivity index (χ0) is 13.1. The number of hydrogen-bond donors (Lipinski definition) is 1. The number of nitrogen functional groups attached to an aromatic ring is 1. The van der Waals surface area contributed by atoms with Gasteiger partial charge in [0.05, 0.1) is 0 Å². The van der Waals surface area contributed by atoms with Crippen molar-refractivity contribution in [3.8, 4) is 0 Å². The lowest BCUT2D eigenvalue weighted by Crippen LogP contribution is -2.47. The minimum atomic E-state index is -0.255. The fourth-order valence-corrected chi connectivity index (χ4v) is 2.48. The molecule has 2 rings (SSSR count). The predicted molar refractivity (Wildman–Crippen MR) is 74.3 cm³/mol. The summed E-state index contributed by atoms with van der Waals surface area (Å²) < 4.78 is 13.3. The van der Waals surface area contributed by atoms with Crippen LogP contribution >= 0.6 is 0 Å². The van der Waals surface area contributed by atoms with Crippen LogP contribution in [0, 0.1) is 11.7 Å². The third kappa shape index (κ3) is 3.35. The molecule has 0 spiro atoms. The summed E-state index contributed by atoms with van der Waals surface area (Å²) in [5, 5.41) is 0. The summed E-state index contributed by atoms with van der Waals surface area (Å²) >= 11 is 0. The smallest absolute Gasteiger partial charge is 0.127 e. The number of hydrogen-bond acceptors (Lipinski definition) is 3. The average molecular weight is 251 g/mol. The molecule has 1 heterocycles. The minimum Gasteiger partial charge on any atom is -0.399 e. The number of anilines is 2. The summed E-state index contributed by atoms with van der Waals surface area (Å²) in [4.78, 5) is 4.67. The molecule has 1 fully saturated rings. The topological polar surface area (TPSA) is 32.5 Å². The van der Waals surface area contributed by atoms with E-state index in [-0.39, 0.29) is 5.82 Å². The van der Waals surface area contributed by atoms with Crippen molar-refractivity contribution in [1.29, 1.82) is 0 Å². The number of piperazine rings is 1. The van der Waals surface area contributed by atoms with Crippen molar-refractivity contribution in [2.75, 3.05) is 43.4 Å². The van der Waals surface area contributed by atoms with Gasteiger partial charge in [0.25, 0.3) is 0 Å². The van der Waals surface area contributed by atoms with Gasteiger partial charge in [0.2, 0.25) is 0 Å². The fraction of sp³-hybridized carbons (Fsp3) is 0.571. The number of nitrogens with zero attached hydrogens (tertiary/aromatic N) is 2. The molecule has 100 valence electrons. The van der Waals surface area contributed by atoms with Crippen LogP contribution in [0.15, 0.2) is 18.2 Å². The largest absolute Gasteiger partial charge is 0.399 e. The van der Waals surface area contributed by atoms with Gasteiger partial charge in [0.1, 0.15) is 5.82 Å². The van der Waals surface area contributed by atoms with Crippen molar-refractivity contribution < 1.29 is 4.39 Å². The van der Waals surface area contributed by atoms with Crippen molar-refractivity contribution in [2.45, 2.75) is 13.8 Å². The van der Waals surface area contributed by atoms with Gasteiger partial charge in [0, 0.05) is 44.1 Å². The van der Waals surface area contributed by atoms with E-state index in [4.69, 9.17) is 5.73 Å². The Morgan fingerprint density at radius 1 is 1.17 bits per heavy atom. The van der Waals surface area contributed by atoms with Gasteiger partial charge in [-0.2, -0.15) is 0 Å². The third-order valence-electron chi connectivity index (χ3n) is 3.27. The fourth-order valence-electron chi connectivity index (χ4n) is 2.48. The monoisotopic (exact) mass is 251 g/mol. The highest BCUT2D eigenvalue weighted by Gasteiger charge is 2.18. The summed E-state index contributed by atoms with van der Waals surface area (Å²) in [5.74, 6) is 0.441. The highest BCUT2D eigenvalue weighted by molar-refractivity contribution is 5.56. The summed E-state index contributed by atoms with van der Waals surface area (Å²) in [6, 6.07) is 4.77. The van der Waals surface area contributed by atoms with Gasteiger partial charge in [-0.05, 0) is 24.1 Å². The maximum absolute atomic E-state index is 13.3. The zero-order valence-corrected chi connectivity index (χ0v) is 11.2. The molecule has 0 unspecified atom stereocenters. The normalized spacial score (nSPS) is 17.4. The Hall–Kier alpha value is -1.29. The summed E-state index contributed by atoms with van der Waals surface area (Å²) in [7, 11) is 0. The molecule has 1 aliphatic rings. The summed E-state index contributed by atoms with van der Waals surface area (Å²) in [6.07, 6.45) is 0. The van der Waals surface area contributed by atoms with Crippen molar-refractivity contribution in [1.82, 2.24) is 4.90 Å². The molecule has 0 aliphatic carbocycles. The molecule has 1 aromatic rings. The average Bonchev–Trinajstić information content (AvgIpc) is 2.27. The van der Waals surface area contributed by atoms with Crippen LogP contribution in [0.5, 0.6) is 0 Å². The molecule has 1 aliphatic heterocycles. The van der Waals surface area contributed by atoms with Gasteiger partial charge in [-0.1, -0.05) is 13.8 Å². The van der Waals surface area contributed by atoms with E-state index in [2.05, 4.69) is 23.6 Å². The van der Waals surface area contributed by atoms with Crippen molar-refractivity contribution >= 4 is 11.4 Å². The van der Waals surface area contributed by atoms with Crippen LogP contribution in [-0.4, -0.2) is 37.6 Å². The Balaban J connectivity index is 1.96. The molecule has 0 bridgehead atoms. The molecule has 1 saturated heterocycles. The van der Waals surface area contributed by atoms with Crippen LogP contribution in [-0.2, 0) is 0 Å². The van der Waals surface area contributed by atoms with Gasteiger partial charge in [-0.15, -0.1) is 0 Å². The molecule has 3 nitrogen and oxygen atoms in total. The lowest BCUT2D eigenvalue weighted by atomic mass is 10.1. The van der Waals surface area contributed by atoms with E-state index in [1.54, 1.807) is 6.07 Å². The molecule has 0 saturated carbocycles. The Bertz CT molecular complexity index is 378. The molecule has 0 aromatic heterocycles. The Labute approximate surface area is 108 Å². The molecular weight excluding hydrogens is 229 g/mol. The minimum absolute atomic E-state index is 0.255. The molecule has 18 heavy (non-hydrogen) atoms. The molecule has 1 aromatic carbocycles. The van der Waals surface area contributed by atoms with Gasteiger partial charge in [-0.25, -0.2) is 4.39 Å². The van der Waals surface area contributed by atoms with Crippen LogP contribution < -0.4 is 10.6 Å². The highest BCUT2D eigenvalue weighted by atomic mass is 19.1. The first-order valence-electron chi connectivity index (χ1n) is 6.58. The Morgan fingerprint density at radius 2 is 1.83 bits per heavy atom. The SMILES string of the molecule is CC(C)CN1CCN(c2cc(N)cc(F)c2)CC1. The Kier molecular flexibility index (Phi) is 4.07. The van der Waals surface area contributed by atoms with Crippen LogP contribution in [0.25, 0.3) is 0 Å². The highest BCUT2D eigenvalue weighted by Crippen LogP contribution is 2.21. The molecule has 0 radical (unpaired) electrons. The maximum Gasteiger partial charge on any atom is 0.127 e. The Morgan fingerprint density at radius 3 is 2.39 bits per heavy atom. The van der Waals surface area contributed by atoms with E-state index in [1.165, 1.54) is 6.07 Å². The van der Waals surface area contributed by atoms with Gasteiger partial charge < -0.3 is 10.6 Å². The van der Waals surface area contributed by atoms with E-state index in [9.17, 15) is 4.39 Å². The van der Waals surface area contributed by atoms with E-state index >= 15 is 0 Å². The molecule has 4 heteroatoms. The molecule has 0 amide bonds. The number of rotatable bonds is 3. The lowest BCUT2D eigenvalue weighted by molar-refractivity contribution is 0.231. The van der Waals surface area contributed by atoms with E-state index < -0.39 is 0 Å². The maximum atomic E-state index is 13.3. The predicted octanol–water partition coefficient (Wildman–Crippen LogP) is 2.19.